The summed E-state index contributed by atoms with van der Waals surface area (Å²) >= 11 is 0. The van der Waals surface area contributed by atoms with Crippen molar-refractivity contribution in [1.82, 2.24) is 4.90 Å². The molecule has 1 aliphatic carbocycles. The largest absolute Gasteiger partial charge is 0.416 e. The molecule has 1 aromatic rings. The normalized spacial score (nSPS) is 20.5. The highest BCUT2D eigenvalue weighted by Gasteiger charge is 2.30. The van der Waals surface area contributed by atoms with Gasteiger partial charge in [-0.15, -0.1) is 0 Å². The Bertz CT molecular complexity index is 475. The third-order valence-electron chi connectivity index (χ3n) is 3.64. The van der Waals surface area contributed by atoms with Crippen LogP contribution in [0.5, 0.6) is 0 Å². The van der Waals surface area contributed by atoms with Crippen LogP contribution < -0.4 is 0 Å². The summed E-state index contributed by atoms with van der Waals surface area (Å²) in [5.41, 5.74) is 1.15. The van der Waals surface area contributed by atoms with Gasteiger partial charge >= 0.3 is 6.18 Å². The second-order valence-corrected chi connectivity index (χ2v) is 5.21. The Balaban J connectivity index is 2.25. The molecule has 0 heterocycles. The van der Waals surface area contributed by atoms with Gasteiger partial charge in [-0.3, -0.25) is 0 Å². The van der Waals surface area contributed by atoms with Gasteiger partial charge in [-0.25, -0.2) is 0 Å². The molecule has 0 bridgehead atoms. The van der Waals surface area contributed by atoms with Crippen LogP contribution in [-0.4, -0.2) is 25.0 Å². The molecule has 0 amide bonds. The highest BCUT2D eigenvalue weighted by molar-refractivity contribution is 5.67. The average molecular weight is 269 g/mol. The molecule has 0 spiro atoms. The summed E-state index contributed by atoms with van der Waals surface area (Å²) in [6.45, 7) is 0. The fraction of sp³-hybridized carbons (Fsp3) is 0.467. The van der Waals surface area contributed by atoms with Crippen molar-refractivity contribution in [3.63, 3.8) is 0 Å². The van der Waals surface area contributed by atoms with Crippen molar-refractivity contribution in [3.8, 4) is 0 Å². The van der Waals surface area contributed by atoms with E-state index in [1.165, 1.54) is 12.1 Å². The second-order valence-electron chi connectivity index (χ2n) is 5.21. The highest BCUT2D eigenvalue weighted by atomic mass is 19.4. The van der Waals surface area contributed by atoms with Crippen LogP contribution >= 0.6 is 0 Å². The summed E-state index contributed by atoms with van der Waals surface area (Å²) in [6.07, 6.45) is 0.597. The number of benzene rings is 1. The zero-order chi connectivity index (χ0) is 14.0. The predicted octanol–water partition coefficient (Wildman–Crippen LogP) is 4.20. The van der Waals surface area contributed by atoms with E-state index in [-0.39, 0.29) is 0 Å². The average Bonchev–Trinajstić information content (AvgIpc) is 2.38. The van der Waals surface area contributed by atoms with Gasteiger partial charge in [-0.05, 0) is 56.6 Å². The van der Waals surface area contributed by atoms with Crippen molar-refractivity contribution in [3.05, 3.63) is 41.5 Å². The molecule has 0 saturated carbocycles. The van der Waals surface area contributed by atoms with E-state index in [2.05, 4.69) is 11.0 Å². The van der Waals surface area contributed by atoms with Crippen molar-refractivity contribution >= 4 is 5.57 Å². The van der Waals surface area contributed by atoms with E-state index in [9.17, 15) is 13.2 Å². The van der Waals surface area contributed by atoms with Crippen molar-refractivity contribution in [2.75, 3.05) is 14.1 Å². The lowest BCUT2D eigenvalue weighted by atomic mass is 9.89. The first kappa shape index (κ1) is 14.1. The molecular weight excluding hydrogens is 251 g/mol. The number of nitrogens with zero attached hydrogens (tertiary/aromatic N) is 1. The standard InChI is InChI=1S/C15H18F3N/c1-19(2)14-8-4-6-12(10-14)11-5-3-7-13(9-11)15(16,17)18/h3,5-7,9,14H,4,8,10H2,1-2H3/t14-/m1/s1. The van der Waals surface area contributed by atoms with E-state index in [0.29, 0.717) is 11.6 Å². The minimum atomic E-state index is -4.27. The fourth-order valence-corrected chi connectivity index (χ4v) is 2.46. The van der Waals surface area contributed by atoms with Gasteiger partial charge in [-0.2, -0.15) is 13.2 Å². The third kappa shape index (κ3) is 3.38. The predicted molar refractivity (Wildman–Crippen MR) is 70.7 cm³/mol. The lowest BCUT2D eigenvalue weighted by molar-refractivity contribution is -0.137. The Labute approximate surface area is 111 Å². The third-order valence-corrected chi connectivity index (χ3v) is 3.64. The van der Waals surface area contributed by atoms with Crippen LogP contribution in [0, 0.1) is 0 Å². The molecule has 0 aliphatic heterocycles. The monoisotopic (exact) mass is 269 g/mol. The number of rotatable bonds is 2. The van der Waals surface area contributed by atoms with Gasteiger partial charge in [0.2, 0.25) is 0 Å². The van der Waals surface area contributed by atoms with E-state index in [1.807, 2.05) is 14.1 Å². The van der Waals surface area contributed by atoms with E-state index in [1.54, 1.807) is 6.07 Å². The van der Waals surface area contributed by atoms with Crippen LogP contribution in [0.1, 0.15) is 30.4 Å². The van der Waals surface area contributed by atoms with Crippen LogP contribution in [0.4, 0.5) is 13.2 Å². The molecule has 0 N–H and O–H groups in total. The second kappa shape index (κ2) is 5.37. The Kier molecular flexibility index (Phi) is 3.99. The molecule has 0 radical (unpaired) electrons. The van der Waals surface area contributed by atoms with Gasteiger partial charge in [0.25, 0.3) is 0 Å². The molecule has 1 atom stereocenters. The topological polar surface area (TPSA) is 3.24 Å². The molecule has 1 nitrogen and oxygen atoms in total. The number of hydrogen-bond acceptors (Lipinski definition) is 1. The molecule has 0 unspecified atom stereocenters. The van der Waals surface area contributed by atoms with Crippen molar-refractivity contribution in [2.45, 2.75) is 31.5 Å². The quantitative estimate of drug-likeness (QED) is 0.777. The smallest absolute Gasteiger partial charge is 0.306 e. The van der Waals surface area contributed by atoms with E-state index < -0.39 is 11.7 Å². The van der Waals surface area contributed by atoms with E-state index in [0.717, 1.165) is 30.9 Å². The highest BCUT2D eigenvalue weighted by Crippen LogP contribution is 2.34. The SMILES string of the molecule is CN(C)[C@@H]1CCC=C(c2cccc(C(F)(F)F)c2)C1. The maximum absolute atomic E-state index is 12.7. The van der Waals surface area contributed by atoms with Crippen LogP contribution in [0.25, 0.3) is 5.57 Å². The van der Waals surface area contributed by atoms with E-state index >= 15 is 0 Å². The van der Waals surface area contributed by atoms with Gasteiger partial charge in [0.15, 0.2) is 0 Å². The van der Waals surface area contributed by atoms with Gasteiger partial charge in [0.1, 0.15) is 0 Å². The molecule has 0 fully saturated rings. The molecule has 1 aromatic carbocycles. The molecule has 0 saturated heterocycles. The van der Waals surface area contributed by atoms with Gasteiger partial charge in [0.05, 0.1) is 5.56 Å². The van der Waals surface area contributed by atoms with Crippen molar-refractivity contribution in [2.24, 2.45) is 0 Å². The summed E-state index contributed by atoms with van der Waals surface area (Å²) in [6, 6.07) is 6.03. The molecule has 19 heavy (non-hydrogen) atoms. The van der Waals surface area contributed by atoms with Crippen LogP contribution in [0.2, 0.25) is 0 Å². The molecule has 0 aromatic heterocycles. The first-order valence-corrected chi connectivity index (χ1v) is 6.41. The summed E-state index contributed by atoms with van der Waals surface area (Å²) in [5.74, 6) is 0. The zero-order valence-electron chi connectivity index (χ0n) is 11.2. The molecular formula is C15H18F3N. The number of alkyl halides is 3. The lowest BCUT2D eigenvalue weighted by Crippen LogP contribution is -2.29. The first-order chi connectivity index (χ1) is 8.88. The minimum absolute atomic E-state index is 0.412. The molecule has 2 rings (SSSR count). The first-order valence-electron chi connectivity index (χ1n) is 6.41. The van der Waals surface area contributed by atoms with Crippen LogP contribution in [-0.2, 0) is 6.18 Å². The Morgan fingerprint density at radius 3 is 2.58 bits per heavy atom. The lowest BCUT2D eigenvalue weighted by Gasteiger charge is -2.28. The van der Waals surface area contributed by atoms with Gasteiger partial charge < -0.3 is 4.90 Å². The summed E-state index contributed by atoms with van der Waals surface area (Å²) in [7, 11) is 4.03. The Morgan fingerprint density at radius 2 is 1.95 bits per heavy atom. The molecule has 1 aliphatic rings. The van der Waals surface area contributed by atoms with Crippen molar-refractivity contribution in [1.29, 1.82) is 0 Å². The fourth-order valence-electron chi connectivity index (χ4n) is 2.46. The van der Waals surface area contributed by atoms with Crippen LogP contribution in [0.15, 0.2) is 30.3 Å². The number of halogens is 3. The van der Waals surface area contributed by atoms with E-state index in [4.69, 9.17) is 0 Å². The number of allylic oxidation sites excluding steroid dienone is 1. The summed E-state index contributed by atoms with van der Waals surface area (Å²) in [4.78, 5) is 2.14. The Morgan fingerprint density at radius 1 is 1.21 bits per heavy atom. The van der Waals surface area contributed by atoms with Crippen molar-refractivity contribution < 1.29 is 13.2 Å². The maximum Gasteiger partial charge on any atom is 0.416 e. The van der Waals surface area contributed by atoms with Gasteiger partial charge in [0, 0.05) is 6.04 Å². The van der Waals surface area contributed by atoms with Crippen LogP contribution in [0.3, 0.4) is 0 Å². The molecule has 104 valence electrons. The molecule has 4 heteroatoms. The summed E-state index contributed by atoms with van der Waals surface area (Å²) < 4.78 is 38.1. The maximum atomic E-state index is 12.7. The van der Waals surface area contributed by atoms with Gasteiger partial charge in [-0.1, -0.05) is 18.2 Å². The minimum Gasteiger partial charge on any atom is -0.306 e. The summed E-state index contributed by atoms with van der Waals surface area (Å²) in [5, 5.41) is 0. The Hall–Kier alpha value is -1.29. The number of hydrogen-bond donors (Lipinski definition) is 0. The zero-order valence-corrected chi connectivity index (χ0v) is 11.2.